The van der Waals surface area contributed by atoms with E-state index in [2.05, 4.69) is 21.4 Å². The van der Waals surface area contributed by atoms with Crippen LogP contribution >= 0.6 is 0 Å². The molecule has 1 unspecified atom stereocenters. The van der Waals surface area contributed by atoms with E-state index in [-0.39, 0.29) is 0 Å². The van der Waals surface area contributed by atoms with E-state index in [0.29, 0.717) is 5.92 Å². The number of rotatable bonds is 3. The minimum atomic E-state index is -0.426. The number of carbonyl (C=O) groups is 1. The lowest BCUT2D eigenvalue weighted by Gasteiger charge is -2.10. The van der Waals surface area contributed by atoms with Crippen molar-refractivity contribution < 1.29 is 9.53 Å². The lowest BCUT2D eigenvalue weighted by molar-refractivity contribution is 0.187. The monoisotopic (exact) mass is 234 g/mol. The Bertz CT molecular complexity index is 387. The van der Waals surface area contributed by atoms with Crippen LogP contribution in [-0.2, 0) is 11.2 Å². The fraction of sp³-hybridized carbons (Fsp3) is 0.462. The lowest BCUT2D eigenvalue weighted by atomic mass is 9.98. The summed E-state index contributed by atoms with van der Waals surface area (Å²) in [5.41, 5.74) is 2.05. The van der Waals surface area contributed by atoms with Crippen LogP contribution in [0, 0.1) is 5.92 Å². The van der Waals surface area contributed by atoms with Gasteiger partial charge >= 0.3 is 6.09 Å². The van der Waals surface area contributed by atoms with Gasteiger partial charge in [0.15, 0.2) is 0 Å². The van der Waals surface area contributed by atoms with E-state index >= 15 is 0 Å². The van der Waals surface area contributed by atoms with Crippen LogP contribution in [0.4, 0.5) is 10.5 Å². The van der Waals surface area contributed by atoms with E-state index in [4.69, 9.17) is 0 Å². The first-order valence-corrected chi connectivity index (χ1v) is 5.92. The Hall–Kier alpha value is -1.55. The summed E-state index contributed by atoms with van der Waals surface area (Å²) in [5, 5.41) is 6.04. The van der Waals surface area contributed by atoms with Crippen LogP contribution in [0.5, 0.6) is 0 Å². The van der Waals surface area contributed by atoms with Gasteiger partial charge in [-0.15, -0.1) is 0 Å². The number of benzene rings is 1. The molecule has 1 aromatic rings. The van der Waals surface area contributed by atoms with Crippen molar-refractivity contribution in [1.29, 1.82) is 0 Å². The molecule has 4 nitrogen and oxygen atoms in total. The Balaban J connectivity index is 1.97. The molecule has 4 heteroatoms. The molecule has 1 aromatic carbocycles. The molecule has 0 bridgehead atoms. The van der Waals surface area contributed by atoms with E-state index in [9.17, 15) is 4.79 Å². The number of ether oxygens (including phenoxy) is 1. The Labute approximate surface area is 101 Å². The van der Waals surface area contributed by atoms with Crippen LogP contribution in [0.3, 0.4) is 0 Å². The third kappa shape index (κ3) is 3.46. The maximum atomic E-state index is 11.1. The average molecular weight is 234 g/mol. The number of anilines is 1. The third-order valence-corrected chi connectivity index (χ3v) is 3.05. The van der Waals surface area contributed by atoms with Crippen molar-refractivity contribution in [2.45, 2.75) is 12.8 Å². The van der Waals surface area contributed by atoms with Crippen LogP contribution in [0.1, 0.15) is 12.0 Å². The molecule has 1 amide bonds. The second kappa shape index (κ2) is 5.68. The van der Waals surface area contributed by atoms with Crippen molar-refractivity contribution in [3.63, 3.8) is 0 Å². The number of amides is 1. The van der Waals surface area contributed by atoms with Gasteiger partial charge in [-0.2, -0.15) is 0 Å². The van der Waals surface area contributed by atoms with Crippen molar-refractivity contribution in [2.24, 2.45) is 5.92 Å². The van der Waals surface area contributed by atoms with Crippen LogP contribution in [0.15, 0.2) is 24.3 Å². The zero-order valence-electron chi connectivity index (χ0n) is 10.0. The highest BCUT2D eigenvalue weighted by Gasteiger charge is 2.14. The van der Waals surface area contributed by atoms with Gasteiger partial charge in [0.25, 0.3) is 0 Å². The summed E-state index contributed by atoms with van der Waals surface area (Å²) in [4.78, 5) is 11.1. The molecule has 1 heterocycles. The Kier molecular flexibility index (Phi) is 3.98. The molecule has 0 saturated carbocycles. The highest BCUT2D eigenvalue weighted by molar-refractivity contribution is 5.84. The van der Waals surface area contributed by atoms with Crippen LogP contribution < -0.4 is 10.6 Å². The quantitative estimate of drug-likeness (QED) is 0.841. The first-order chi connectivity index (χ1) is 8.28. The topological polar surface area (TPSA) is 50.4 Å². The van der Waals surface area contributed by atoms with Gasteiger partial charge in [-0.05, 0) is 49.5 Å². The normalized spacial score (nSPS) is 19.0. The van der Waals surface area contributed by atoms with Gasteiger partial charge in [-0.1, -0.05) is 12.1 Å². The lowest BCUT2D eigenvalue weighted by Crippen LogP contribution is -2.12. The SMILES string of the molecule is COC(=O)Nc1cccc(CC2CCNC2)c1. The Morgan fingerprint density at radius 3 is 3.18 bits per heavy atom. The van der Waals surface area contributed by atoms with Crippen molar-refractivity contribution in [3.05, 3.63) is 29.8 Å². The fourth-order valence-electron chi connectivity index (χ4n) is 2.17. The molecule has 92 valence electrons. The molecule has 17 heavy (non-hydrogen) atoms. The van der Waals surface area contributed by atoms with Crippen molar-refractivity contribution in [2.75, 3.05) is 25.5 Å². The largest absolute Gasteiger partial charge is 0.453 e. The van der Waals surface area contributed by atoms with E-state index in [1.54, 1.807) is 0 Å². The average Bonchev–Trinajstić information content (AvgIpc) is 2.82. The summed E-state index contributed by atoms with van der Waals surface area (Å²) < 4.78 is 4.57. The first kappa shape index (κ1) is 11.9. The summed E-state index contributed by atoms with van der Waals surface area (Å²) >= 11 is 0. The van der Waals surface area contributed by atoms with E-state index < -0.39 is 6.09 Å². The van der Waals surface area contributed by atoms with Crippen molar-refractivity contribution in [1.82, 2.24) is 5.32 Å². The Morgan fingerprint density at radius 1 is 1.59 bits per heavy atom. The smallest absolute Gasteiger partial charge is 0.411 e. The molecule has 2 N–H and O–H groups in total. The molecule has 0 radical (unpaired) electrons. The molecule has 1 aliphatic rings. The molecule has 1 atom stereocenters. The van der Waals surface area contributed by atoms with Gasteiger partial charge in [0.1, 0.15) is 0 Å². The van der Waals surface area contributed by atoms with Gasteiger partial charge in [-0.3, -0.25) is 5.32 Å². The second-order valence-corrected chi connectivity index (χ2v) is 4.38. The minimum Gasteiger partial charge on any atom is -0.453 e. The highest BCUT2D eigenvalue weighted by atomic mass is 16.5. The summed E-state index contributed by atoms with van der Waals surface area (Å²) in [7, 11) is 1.36. The summed E-state index contributed by atoms with van der Waals surface area (Å²) in [5.74, 6) is 0.711. The summed E-state index contributed by atoms with van der Waals surface area (Å²) in [6, 6.07) is 7.94. The fourth-order valence-corrected chi connectivity index (χ4v) is 2.17. The molecule has 1 saturated heterocycles. The highest BCUT2D eigenvalue weighted by Crippen LogP contribution is 2.18. The van der Waals surface area contributed by atoms with Crippen molar-refractivity contribution >= 4 is 11.8 Å². The van der Waals surface area contributed by atoms with E-state index in [1.165, 1.54) is 19.1 Å². The van der Waals surface area contributed by atoms with Gasteiger partial charge in [-0.25, -0.2) is 4.79 Å². The zero-order valence-corrected chi connectivity index (χ0v) is 10.0. The molecular weight excluding hydrogens is 216 g/mol. The minimum absolute atomic E-state index is 0.426. The second-order valence-electron chi connectivity index (χ2n) is 4.38. The van der Waals surface area contributed by atoms with Crippen LogP contribution in [0.25, 0.3) is 0 Å². The van der Waals surface area contributed by atoms with Crippen LogP contribution in [-0.4, -0.2) is 26.3 Å². The molecule has 0 aromatic heterocycles. The molecule has 2 rings (SSSR count). The predicted molar refractivity (Wildman–Crippen MR) is 67.2 cm³/mol. The van der Waals surface area contributed by atoms with E-state index in [0.717, 1.165) is 25.2 Å². The van der Waals surface area contributed by atoms with Gasteiger partial charge in [0.05, 0.1) is 7.11 Å². The third-order valence-electron chi connectivity index (χ3n) is 3.05. The van der Waals surface area contributed by atoms with E-state index in [1.807, 2.05) is 18.2 Å². The Morgan fingerprint density at radius 2 is 2.47 bits per heavy atom. The molecule has 0 aliphatic carbocycles. The first-order valence-electron chi connectivity index (χ1n) is 5.92. The molecule has 0 spiro atoms. The number of hydrogen-bond acceptors (Lipinski definition) is 3. The number of carbonyl (C=O) groups excluding carboxylic acids is 1. The molecule has 1 fully saturated rings. The van der Waals surface area contributed by atoms with Crippen LogP contribution in [0.2, 0.25) is 0 Å². The molecular formula is C13H18N2O2. The number of methoxy groups -OCH3 is 1. The number of nitrogens with one attached hydrogen (secondary N) is 2. The van der Waals surface area contributed by atoms with Crippen molar-refractivity contribution in [3.8, 4) is 0 Å². The predicted octanol–water partition coefficient (Wildman–Crippen LogP) is 2.02. The molecule has 1 aliphatic heterocycles. The zero-order chi connectivity index (χ0) is 12.1. The standard InChI is InChI=1S/C13H18N2O2/c1-17-13(16)15-12-4-2-3-10(8-12)7-11-5-6-14-9-11/h2-4,8,11,14H,5-7,9H2,1H3,(H,15,16). The maximum absolute atomic E-state index is 11.1. The summed E-state index contributed by atoms with van der Waals surface area (Å²) in [6.45, 7) is 2.21. The summed E-state index contributed by atoms with van der Waals surface area (Å²) in [6.07, 6.45) is 1.86. The van der Waals surface area contributed by atoms with Gasteiger partial charge < -0.3 is 10.1 Å². The van der Waals surface area contributed by atoms with Gasteiger partial charge in [0.2, 0.25) is 0 Å². The maximum Gasteiger partial charge on any atom is 0.411 e. The van der Waals surface area contributed by atoms with Gasteiger partial charge in [0, 0.05) is 5.69 Å². The number of hydrogen-bond donors (Lipinski definition) is 2.